The molecule has 4 heteroatoms. The first-order valence-corrected chi connectivity index (χ1v) is 7.76. The molecule has 2 aliphatic heterocycles. The largest absolute Gasteiger partial charge is 0.338 e. The Hall–Kier alpha value is -0.870. The number of piperidine rings is 2. The lowest BCUT2D eigenvalue weighted by Gasteiger charge is -2.45. The van der Waals surface area contributed by atoms with Gasteiger partial charge in [0.2, 0.25) is 0 Å². The fourth-order valence-electron chi connectivity index (χ4n) is 3.33. The van der Waals surface area contributed by atoms with E-state index >= 15 is 0 Å². The van der Waals surface area contributed by atoms with Crippen LogP contribution in [0.1, 0.15) is 36.0 Å². The molecule has 0 bridgehead atoms. The average molecular weight is 264 g/mol. The third-order valence-corrected chi connectivity index (χ3v) is 4.96. The van der Waals surface area contributed by atoms with Crippen LogP contribution in [0.15, 0.2) is 16.8 Å². The molecule has 2 saturated heterocycles. The van der Waals surface area contributed by atoms with Crippen molar-refractivity contribution in [3.05, 3.63) is 22.4 Å². The molecule has 1 atom stereocenters. The van der Waals surface area contributed by atoms with E-state index in [2.05, 4.69) is 10.2 Å². The molecule has 0 aliphatic carbocycles. The highest BCUT2D eigenvalue weighted by Gasteiger charge is 2.38. The first kappa shape index (κ1) is 12.2. The lowest BCUT2D eigenvalue weighted by molar-refractivity contribution is 0.0434. The van der Waals surface area contributed by atoms with E-state index in [9.17, 15) is 4.79 Å². The highest BCUT2D eigenvalue weighted by Crippen LogP contribution is 2.36. The second-order valence-electron chi connectivity index (χ2n) is 5.62. The minimum atomic E-state index is 0.223. The average Bonchev–Trinajstić information content (AvgIpc) is 2.93. The Bertz CT molecular complexity index is 404. The number of nitrogens with one attached hydrogen (secondary N) is 1. The molecule has 18 heavy (non-hydrogen) atoms. The third-order valence-electron chi connectivity index (χ3n) is 4.28. The van der Waals surface area contributed by atoms with Gasteiger partial charge in [0.05, 0.1) is 5.56 Å². The van der Waals surface area contributed by atoms with Crippen molar-refractivity contribution in [1.82, 2.24) is 10.2 Å². The fraction of sp³-hybridized carbons (Fsp3) is 0.643. The minimum Gasteiger partial charge on any atom is -0.338 e. The molecule has 3 nitrogen and oxygen atoms in total. The molecule has 98 valence electrons. The van der Waals surface area contributed by atoms with Gasteiger partial charge in [0.1, 0.15) is 0 Å². The van der Waals surface area contributed by atoms with Gasteiger partial charge in [-0.15, -0.1) is 0 Å². The summed E-state index contributed by atoms with van der Waals surface area (Å²) in [7, 11) is 0. The fourth-order valence-corrected chi connectivity index (χ4v) is 3.96. The van der Waals surface area contributed by atoms with Crippen LogP contribution in [0.4, 0.5) is 0 Å². The van der Waals surface area contributed by atoms with Crippen molar-refractivity contribution in [2.45, 2.75) is 25.7 Å². The van der Waals surface area contributed by atoms with Crippen molar-refractivity contribution in [2.75, 3.05) is 26.2 Å². The van der Waals surface area contributed by atoms with E-state index in [0.29, 0.717) is 5.41 Å². The van der Waals surface area contributed by atoms with E-state index < -0.39 is 0 Å². The summed E-state index contributed by atoms with van der Waals surface area (Å²) in [5.74, 6) is 0.223. The zero-order valence-corrected chi connectivity index (χ0v) is 11.5. The molecule has 1 aromatic heterocycles. The lowest BCUT2D eigenvalue weighted by atomic mass is 9.74. The number of carbonyl (C=O) groups excluding carboxylic acids is 1. The summed E-state index contributed by atoms with van der Waals surface area (Å²) in [4.78, 5) is 14.5. The monoisotopic (exact) mass is 264 g/mol. The standard InChI is InChI=1S/C14H20N2OS/c17-13(12-3-8-18-9-12)16-7-2-5-14(11-16)4-1-6-15-10-14/h3,8-9,15H,1-2,4-7,10-11H2. The summed E-state index contributed by atoms with van der Waals surface area (Å²) in [5.41, 5.74) is 1.21. The van der Waals surface area contributed by atoms with Crippen LogP contribution < -0.4 is 5.32 Å². The molecule has 1 amide bonds. The van der Waals surface area contributed by atoms with Crippen molar-refractivity contribution in [3.8, 4) is 0 Å². The first-order chi connectivity index (χ1) is 8.79. The molecule has 3 rings (SSSR count). The molecule has 0 aromatic carbocycles. The Morgan fingerprint density at radius 2 is 2.28 bits per heavy atom. The molecular weight excluding hydrogens is 244 g/mol. The summed E-state index contributed by atoms with van der Waals surface area (Å²) in [6.07, 6.45) is 4.94. The number of thiophene rings is 1. The minimum absolute atomic E-state index is 0.223. The Labute approximate surface area is 112 Å². The Kier molecular flexibility index (Phi) is 3.39. The zero-order chi connectivity index (χ0) is 12.4. The number of amides is 1. The SMILES string of the molecule is O=C(c1ccsc1)N1CCCC2(CCCNC2)C1. The molecule has 2 aliphatic rings. The van der Waals surface area contributed by atoms with E-state index in [-0.39, 0.29) is 5.91 Å². The second kappa shape index (κ2) is 5.02. The molecule has 1 spiro atoms. The van der Waals surface area contributed by atoms with Gasteiger partial charge >= 0.3 is 0 Å². The summed E-state index contributed by atoms with van der Waals surface area (Å²) < 4.78 is 0. The Morgan fingerprint density at radius 1 is 1.39 bits per heavy atom. The van der Waals surface area contributed by atoms with Crippen LogP contribution in [0, 0.1) is 5.41 Å². The lowest BCUT2D eigenvalue weighted by Crippen LogP contribution is -2.52. The van der Waals surface area contributed by atoms with Gasteiger partial charge in [0, 0.05) is 30.4 Å². The predicted octanol–water partition coefficient (Wildman–Crippen LogP) is 2.35. The highest BCUT2D eigenvalue weighted by atomic mass is 32.1. The van der Waals surface area contributed by atoms with Gasteiger partial charge in [-0.05, 0) is 43.7 Å². The van der Waals surface area contributed by atoms with Crippen LogP contribution in [0.3, 0.4) is 0 Å². The number of nitrogens with zero attached hydrogens (tertiary/aromatic N) is 1. The molecule has 1 N–H and O–H groups in total. The Morgan fingerprint density at radius 3 is 3.00 bits per heavy atom. The summed E-state index contributed by atoms with van der Waals surface area (Å²) in [6.45, 7) is 4.09. The van der Waals surface area contributed by atoms with Crippen LogP contribution in [0.2, 0.25) is 0 Å². The van der Waals surface area contributed by atoms with E-state index in [4.69, 9.17) is 0 Å². The van der Waals surface area contributed by atoms with Crippen LogP contribution in [-0.2, 0) is 0 Å². The van der Waals surface area contributed by atoms with Gasteiger partial charge in [0.15, 0.2) is 0 Å². The van der Waals surface area contributed by atoms with Crippen LogP contribution >= 0.6 is 11.3 Å². The molecule has 0 saturated carbocycles. The van der Waals surface area contributed by atoms with Gasteiger partial charge in [0.25, 0.3) is 5.91 Å². The summed E-state index contributed by atoms with van der Waals surface area (Å²) in [6, 6.07) is 1.94. The van der Waals surface area contributed by atoms with Crippen molar-refractivity contribution in [3.63, 3.8) is 0 Å². The van der Waals surface area contributed by atoms with Crippen LogP contribution in [0.5, 0.6) is 0 Å². The second-order valence-corrected chi connectivity index (χ2v) is 6.40. The normalized spacial score (nSPS) is 28.6. The quantitative estimate of drug-likeness (QED) is 0.844. The number of rotatable bonds is 1. The Balaban J connectivity index is 1.72. The zero-order valence-electron chi connectivity index (χ0n) is 10.7. The van der Waals surface area contributed by atoms with Gasteiger partial charge in [-0.1, -0.05) is 0 Å². The van der Waals surface area contributed by atoms with Gasteiger partial charge in [-0.25, -0.2) is 0 Å². The molecule has 1 unspecified atom stereocenters. The van der Waals surface area contributed by atoms with Crippen molar-refractivity contribution >= 4 is 17.2 Å². The molecule has 1 aromatic rings. The predicted molar refractivity (Wildman–Crippen MR) is 74.0 cm³/mol. The number of carbonyl (C=O) groups is 1. The van der Waals surface area contributed by atoms with Crippen LogP contribution in [-0.4, -0.2) is 37.0 Å². The van der Waals surface area contributed by atoms with Crippen molar-refractivity contribution in [1.29, 1.82) is 0 Å². The highest BCUT2D eigenvalue weighted by molar-refractivity contribution is 7.08. The van der Waals surface area contributed by atoms with E-state index in [1.165, 1.54) is 19.3 Å². The third kappa shape index (κ3) is 2.31. The maximum absolute atomic E-state index is 12.4. The van der Waals surface area contributed by atoms with Gasteiger partial charge < -0.3 is 10.2 Å². The molecule has 0 radical (unpaired) electrons. The smallest absolute Gasteiger partial charge is 0.254 e. The van der Waals surface area contributed by atoms with E-state index in [1.54, 1.807) is 11.3 Å². The molecule has 3 heterocycles. The van der Waals surface area contributed by atoms with Gasteiger partial charge in [-0.2, -0.15) is 11.3 Å². The number of hydrogen-bond donors (Lipinski definition) is 1. The molecule has 2 fully saturated rings. The van der Waals surface area contributed by atoms with Crippen LogP contribution in [0.25, 0.3) is 0 Å². The molecular formula is C14H20N2OS. The number of hydrogen-bond acceptors (Lipinski definition) is 3. The summed E-state index contributed by atoms with van der Waals surface area (Å²) in [5, 5.41) is 7.45. The van der Waals surface area contributed by atoms with Crippen molar-refractivity contribution in [2.24, 2.45) is 5.41 Å². The maximum Gasteiger partial charge on any atom is 0.254 e. The van der Waals surface area contributed by atoms with E-state index in [0.717, 1.165) is 38.2 Å². The first-order valence-electron chi connectivity index (χ1n) is 6.81. The van der Waals surface area contributed by atoms with Crippen molar-refractivity contribution < 1.29 is 4.79 Å². The van der Waals surface area contributed by atoms with Gasteiger partial charge in [-0.3, -0.25) is 4.79 Å². The van der Waals surface area contributed by atoms with E-state index in [1.807, 2.05) is 16.8 Å². The number of likely N-dealkylation sites (tertiary alicyclic amines) is 1. The maximum atomic E-state index is 12.4. The summed E-state index contributed by atoms with van der Waals surface area (Å²) >= 11 is 1.60. The topological polar surface area (TPSA) is 32.3 Å².